The molecule has 0 fully saturated rings. The van der Waals surface area contributed by atoms with Crippen LogP contribution in [0, 0.1) is 11.3 Å². The highest BCUT2D eigenvalue weighted by Crippen LogP contribution is 2.45. The highest BCUT2D eigenvalue weighted by Gasteiger charge is 2.37. The predicted octanol–water partition coefficient (Wildman–Crippen LogP) is 1.59. The number of nitrogens with one attached hydrogen (secondary N) is 2. The molecule has 0 saturated heterocycles. The minimum atomic E-state index is -4.32. The second-order valence-electron chi connectivity index (χ2n) is 9.25. The summed E-state index contributed by atoms with van der Waals surface area (Å²) in [6, 6.07) is 6.92. The Balaban J connectivity index is 1.86. The largest absolute Gasteiger partial charge is 0.462 e. The number of aromatic nitrogens is 4. The number of carbonyl (C=O) groups excluding carboxylic acids is 1. The number of halogens is 1. The van der Waals surface area contributed by atoms with Crippen LogP contribution in [0.15, 0.2) is 41.5 Å². The van der Waals surface area contributed by atoms with E-state index in [0.717, 1.165) is 0 Å². The summed E-state index contributed by atoms with van der Waals surface area (Å²) in [6.45, 7) is 5.43. The molecule has 4 unspecified atom stereocenters. The molecular formula is C24H31ClN7O8P. The lowest BCUT2D eigenvalue weighted by Crippen LogP contribution is -2.47. The Morgan fingerprint density at radius 1 is 1.32 bits per heavy atom. The zero-order valence-electron chi connectivity index (χ0n) is 22.6. The van der Waals surface area contributed by atoms with E-state index in [1.807, 2.05) is 0 Å². The highest BCUT2D eigenvalue weighted by atomic mass is 35.5. The van der Waals surface area contributed by atoms with Gasteiger partial charge >= 0.3 is 13.7 Å². The fourth-order valence-corrected chi connectivity index (χ4v) is 5.14. The molecule has 0 saturated carbocycles. The Hall–Kier alpha value is -3.48. The second kappa shape index (κ2) is 13.5. The van der Waals surface area contributed by atoms with E-state index in [1.165, 1.54) is 36.9 Å². The molecule has 2 heterocycles. The first kappa shape index (κ1) is 32.0. The molecule has 0 radical (unpaired) electrons. The Labute approximate surface area is 240 Å². The van der Waals surface area contributed by atoms with Gasteiger partial charge < -0.3 is 30.6 Å². The first-order valence-corrected chi connectivity index (χ1v) is 14.1. The van der Waals surface area contributed by atoms with Crippen LogP contribution in [0.4, 0.5) is 5.95 Å². The number of imidazole rings is 1. The first-order chi connectivity index (χ1) is 19.2. The molecule has 0 aliphatic carbocycles. The summed E-state index contributed by atoms with van der Waals surface area (Å²) in [4.78, 5) is 35.0. The third kappa shape index (κ3) is 8.51. The van der Waals surface area contributed by atoms with Crippen molar-refractivity contribution in [2.24, 2.45) is 5.73 Å². The van der Waals surface area contributed by atoms with Crippen molar-refractivity contribution in [1.82, 2.24) is 24.6 Å². The fraction of sp³-hybridized carbons (Fsp3) is 0.417. The Bertz CT molecular complexity index is 1520. The number of carbonyl (C=O) groups is 1. The van der Waals surface area contributed by atoms with E-state index >= 15 is 0 Å². The van der Waals surface area contributed by atoms with Crippen LogP contribution in [0.5, 0.6) is 5.75 Å². The maximum Gasteiger partial charge on any atom is 0.459 e. The summed E-state index contributed by atoms with van der Waals surface area (Å²) in [5, 5.41) is 15.5. The second-order valence-corrected chi connectivity index (χ2v) is 11.1. The number of anilines is 1. The zero-order chi connectivity index (χ0) is 30.4. The van der Waals surface area contributed by atoms with E-state index in [2.05, 4.69) is 31.3 Å². The van der Waals surface area contributed by atoms with Gasteiger partial charge in [-0.25, -0.2) is 9.55 Å². The molecule has 5 atom stereocenters. The number of hydrogen-bond donors (Lipinski definition) is 5. The van der Waals surface area contributed by atoms with Crippen LogP contribution in [-0.4, -0.2) is 61.2 Å². The standard InChI is InChI=1S/C24H31ClN7O8P/c1-14(2)38-21(35)15(3)31-41(36,40-16-8-6-5-7-9-16)37-12-17(33)39-22(24(4,27)10-11-25)32-13-28-18-19(32)29-23(26)30-20(18)34/h5-9,13-15,17,22,33H,12,27H2,1-4H3,(H,31,36)(H3,26,29,30,34)/t15?,17-,22?,24?,41?/m1/s1. The van der Waals surface area contributed by atoms with Crippen molar-refractivity contribution in [2.45, 2.75) is 57.9 Å². The topological polar surface area (TPSA) is 219 Å². The lowest BCUT2D eigenvalue weighted by molar-refractivity contribution is -0.186. The van der Waals surface area contributed by atoms with Gasteiger partial charge in [0.2, 0.25) is 5.95 Å². The summed E-state index contributed by atoms with van der Waals surface area (Å²) in [5.41, 5.74) is 9.70. The third-order valence-corrected chi connectivity index (χ3v) is 6.97. The number of aliphatic hydroxyl groups is 1. The smallest absolute Gasteiger partial charge is 0.459 e. The van der Waals surface area contributed by atoms with Crippen LogP contribution < -0.4 is 26.6 Å². The molecule has 7 N–H and O–H groups in total. The van der Waals surface area contributed by atoms with Gasteiger partial charge in [-0.05, 0) is 51.4 Å². The van der Waals surface area contributed by atoms with Crippen molar-refractivity contribution in [3.8, 4) is 17.0 Å². The van der Waals surface area contributed by atoms with Crippen LogP contribution in [-0.2, 0) is 23.4 Å². The van der Waals surface area contributed by atoms with E-state index in [9.17, 15) is 19.3 Å². The molecule has 0 amide bonds. The maximum absolute atomic E-state index is 13.7. The van der Waals surface area contributed by atoms with Crippen LogP contribution >= 0.6 is 19.3 Å². The van der Waals surface area contributed by atoms with Gasteiger partial charge in [0, 0.05) is 5.38 Å². The van der Waals surface area contributed by atoms with Crippen molar-refractivity contribution in [3.63, 3.8) is 0 Å². The molecular weight excluding hydrogens is 581 g/mol. The number of ether oxygens (including phenoxy) is 2. The minimum Gasteiger partial charge on any atom is -0.462 e. The van der Waals surface area contributed by atoms with Gasteiger partial charge in [-0.1, -0.05) is 24.1 Å². The summed E-state index contributed by atoms with van der Waals surface area (Å²) in [7, 11) is -4.32. The van der Waals surface area contributed by atoms with Gasteiger partial charge in [0.05, 0.1) is 12.4 Å². The van der Waals surface area contributed by atoms with Gasteiger partial charge in [-0.15, -0.1) is 0 Å². The van der Waals surface area contributed by atoms with E-state index < -0.39 is 56.1 Å². The van der Waals surface area contributed by atoms with Gasteiger partial charge in [0.1, 0.15) is 23.9 Å². The van der Waals surface area contributed by atoms with E-state index in [4.69, 9.17) is 41.6 Å². The number of nitrogen functional groups attached to an aromatic ring is 1. The van der Waals surface area contributed by atoms with E-state index in [1.54, 1.807) is 32.0 Å². The molecule has 3 aromatic rings. The van der Waals surface area contributed by atoms with Crippen molar-refractivity contribution >= 4 is 42.4 Å². The number of H-pyrrole nitrogens is 1. The number of aliphatic hydroxyl groups excluding tert-OH is 1. The molecule has 1 aromatic carbocycles. The number of fused-ring (bicyclic) bond motifs is 1. The van der Waals surface area contributed by atoms with Crippen molar-refractivity contribution < 1.29 is 33.0 Å². The van der Waals surface area contributed by atoms with Gasteiger partial charge in [0.15, 0.2) is 23.7 Å². The van der Waals surface area contributed by atoms with E-state index in [-0.39, 0.29) is 22.9 Å². The van der Waals surface area contributed by atoms with Gasteiger partial charge in [0.25, 0.3) is 5.56 Å². The van der Waals surface area contributed by atoms with Gasteiger partial charge in [-0.3, -0.25) is 23.7 Å². The molecule has 2 aromatic heterocycles. The third-order valence-electron chi connectivity index (χ3n) is 5.23. The van der Waals surface area contributed by atoms with Crippen LogP contribution in [0.2, 0.25) is 0 Å². The van der Waals surface area contributed by atoms with Crippen LogP contribution in [0.3, 0.4) is 0 Å². The fourth-order valence-electron chi connectivity index (χ4n) is 3.46. The SMILES string of the molecule is CC(C)OC(=O)C(C)NP(=O)(OC[C@H](O)OC(n1cnc2c(=O)[nH]c(N)nc21)C(C)(N)C#CCl)Oc1ccccc1. The molecule has 0 spiro atoms. The zero-order valence-corrected chi connectivity index (χ0v) is 24.3. The Kier molecular flexibility index (Phi) is 10.5. The van der Waals surface area contributed by atoms with Crippen molar-refractivity contribution in [3.05, 3.63) is 47.0 Å². The molecule has 17 heteroatoms. The summed E-state index contributed by atoms with van der Waals surface area (Å²) >= 11 is 5.60. The summed E-state index contributed by atoms with van der Waals surface area (Å²) in [5.74, 6) is 1.80. The van der Waals surface area contributed by atoms with E-state index in [0.29, 0.717) is 0 Å². The van der Waals surface area contributed by atoms with Crippen molar-refractivity contribution in [1.29, 1.82) is 0 Å². The lowest BCUT2D eigenvalue weighted by atomic mass is 10.0. The lowest BCUT2D eigenvalue weighted by Gasteiger charge is -2.32. The molecule has 41 heavy (non-hydrogen) atoms. The average molecular weight is 612 g/mol. The van der Waals surface area contributed by atoms with Gasteiger partial charge in [-0.2, -0.15) is 10.1 Å². The van der Waals surface area contributed by atoms with Crippen LogP contribution in [0.1, 0.15) is 33.9 Å². The number of nitrogens with two attached hydrogens (primary N) is 2. The predicted molar refractivity (Wildman–Crippen MR) is 149 cm³/mol. The normalized spacial score (nSPS) is 16.6. The highest BCUT2D eigenvalue weighted by molar-refractivity contribution is 7.52. The molecule has 0 bridgehead atoms. The Morgan fingerprint density at radius 3 is 2.63 bits per heavy atom. The number of rotatable bonds is 13. The number of benzene rings is 1. The summed E-state index contributed by atoms with van der Waals surface area (Å²) in [6.07, 6.45) is -2.41. The molecule has 15 nitrogen and oxygen atoms in total. The number of esters is 1. The molecule has 0 aliphatic rings. The molecule has 0 aliphatic heterocycles. The average Bonchev–Trinajstić information content (AvgIpc) is 3.29. The number of nitrogens with zero attached hydrogens (tertiary/aromatic N) is 3. The van der Waals surface area contributed by atoms with Crippen molar-refractivity contribution in [2.75, 3.05) is 12.3 Å². The number of para-hydroxylation sites is 1. The van der Waals surface area contributed by atoms with Crippen LogP contribution in [0.25, 0.3) is 11.2 Å². The Morgan fingerprint density at radius 2 is 2.00 bits per heavy atom. The molecule has 222 valence electrons. The monoisotopic (exact) mass is 611 g/mol. The minimum absolute atomic E-state index is 0.0188. The maximum atomic E-state index is 13.7. The first-order valence-electron chi connectivity index (χ1n) is 12.2. The number of hydrogen-bond acceptors (Lipinski definition) is 12. The number of aromatic amines is 1. The molecule has 3 rings (SSSR count). The quantitative estimate of drug-likeness (QED) is 0.0803. The summed E-state index contributed by atoms with van der Waals surface area (Å²) < 4.78 is 36.8.